The number of urea groups is 1. The largest absolute Gasteiger partial charge is 0.492 e. The highest BCUT2D eigenvalue weighted by atomic mass is 16.5. The van der Waals surface area contributed by atoms with Crippen LogP contribution in [0.2, 0.25) is 0 Å². The van der Waals surface area contributed by atoms with Crippen LogP contribution in [0.15, 0.2) is 24.3 Å². The van der Waals surface area contributed by atoms with Crippen molar-refractivity contribution in [1.82, 2.24) is 20.3 Å². The predicted molar refractivity (Wildman–Crippen MR) is 86.4 cm³/mol. The van der Waals surface area contributed by atoms with Crippen molar-refractivity contribution in [3.63, 3.8) is 0 Å². The molecule has 128 valence electrons. The Labute approximate surface area is 139 Å². The average molecular weight is 333 g/mol. The van der Waals surface area contributed by atoms with Gasteiger partial charge in [-0.25, -0.2) is 4.79 Å². The second-order valence-electron chi connectivity index (χ2n) is 4.46. The quantitative estimate of drug-likeness (QED) is 0.792. The fraction of sp³-hybridized carbons (Fsp3) is 0.333. The van der Waals surface area contributed by atoms with Gasteiger partial charge < -0.3 is 24.8 Å². The Bertz CT molecular complexity index is 673. The molecule has 0 atom stereocenters. The van der Waals surface area contributed by atoms with Crippen molar-refractivity contribution in [3.05, 3.63) is 30.1 Å². The second-order valence-corrected chi connectivity index (χ2v) is 4.46. The summed E-state index contributed by atoms with van der Waals surface area (Å²) in [4.78, 5) is 24.0. The molecule has 1 heterocycles. The molecule has 2 aromatic rings. The summed E-state index contributed by atoms with van der Waals surface area (Å²) in [6.07, 6.45) is 0. The molecule has 0 saturated heterocycles. The zero-order valence-corrected chi connectivity index (χ0v) is 13.7. The molecule has 2 rings (SSSR count). The summed E-state index contributed by atoms with van der Waals surface area (Å²) in [5.41, 5.74) is 0.572. The second kappa shape index (κ2) is 8.51. The smallest absolute Gasteiger partial charge is 0.322 e. The number of hydrogen-bond donors (Lipinski definition) is 2. The standard InChI is InChI=1S/C15H19N5O4/c1-4-24-11-8-6-5-7-10(11)17-13(21)16-9-12-18-14(22-2)20-15(19-12)23-3/h5-8H,4,9H2,1-3H3,(H2,16,17,21). The number of benzene rings is 1. The molecule has 0 spiro atoms. The summed E-state index contributed by atoms with van der Waals surface area (Å²) in [6, 6.07) is 6.97. The lowest BCUT2D eigenvalue weighted by atomic mass is 10.3. The number of hydrogen-bond acceptors (Lipinski definition) is 7. The molecule has 0 fully saturated rings. The van der Waals surface area contributed by atoms with Crippen molar-refractivity contribution < 1.29 is 19.0 Å². The first-order valence-corrected chi connectivity index (χ1v) is 7.25. The number of carbonyl (C=O) groups is 1. The van der Waals surface area contributed by atoms with Crippen LogP contribution in [0.5, 0.6) is 17.8 Å². The van der Waals surface area contributed by atoms with Gasteiger partial charge in [0.05, 0.1) is 33.1 Å². The average Bonchev–Trinajstić information content (AvgIpc) is 2.61. The third kappa shape index (κ3) is 4.70. The van der Waals surface area contributed by atoms with Crippen LogP contribution in [0.3, 0.4) is 0 Å². The van der Waals surface area contributed by atoms with Gasteiger partial charge in [-0.3, -0.25) is 0 Å². The molecule has 0 aliphatic rings. The van der Waals surface area contributed by atoms with E-state index in [0.717, 1.165) is 0 Å². The molecule has 9 heteroatoms. The minimum Gasteiger partial charge on any atom is -0.492 e. The normalized spacial score (nSPS) is 9.96. The van der Waals surface area contributed by atoms with E-state index in [1.165, 1.54) is 14.2 Å². The fourth-order valence-corrected chi connectivity index (χ4v) is 1.82. The van der Waals surface area contributed by atoms with E-state index < -0.39 is 6.03 Å². The summed E-state index contributed by atoms with van der Waals surface area (Å²) < 4.78 is 15.4. The molecule has 1 aromatic carbocycles. The van der Waals surface area contributed by atoms with E-state index in [9.17, 15) is 4.79 Å². The van der Waals surface area contributed by atoms with E-state index in [1.54, 1.807) is 18.2 Å². The van der Waals surface area contributed by atoms with Crippen LogP contribution in [-0.4, -0.2) is 41.8 Å². The van der Waals surface area contributed by atoms with Gasteiger partial charge in [0.15, 0.2) is 5.82 Å². The van der Waals surface area contributed by atoms with Crippen LogP contribution in [-0.2, 0) is 6.54 Å². The van der Waals surface area contributed by atoms with Gasteiger partial charge >= 0.3 is 18.1 Å². The zero-order chi connectivity index (χ0) is 17.4. The Morgan fingerprint density at radius 2 is 1.75 bits per heavy atom. The molecule has 24 heavy (non-hydrogen) atoms. The van der Waals surface area contributed by atoms with Crippen LogP contribution in [0, 0.1) is 0 Å². The highest BCUT2D eigenvalue weighted by Crippen LogP contribution is 2.23. The van der Waals surface area contributed by atoms with Crippen molar-refractivity contribution in [2.24, 2.45) is 0 Å². The molecule has 2 amide bonds. The van der Waals surface area contributed by atoms with Crippen LogP contribution in [0.1, 0.15) is 12.7 Å². The summed E-state index contributed by atoms with van der Waals surface area (Å²) in [7, 11) is 2.87. The summed E-state index contributed by atoms with van der Waals surface area (Å²) in [5.74, 6) is 0.908. The van der Waals surface area contributed by atoms with E-state index >= 15 is 0 Å². The van der Waals surface area contributed by atoms with Gasteiger partial charge in [-0.2, -0.15) is 9.97 Å². The maximum absolute atomic E-state index is 12.0. The van der Waals surface area contributed by atoms with Crippen molar-refractivity contribution in [2.75, 3.05) is 26.1 Å². The number of anilines is 1. The lowest BCUT2D eigenvalue weighted by Gasteiger charge is -2.12. The number of nitrogens with zero attached hydrogens (tertiary/aromatic N) is 3. The van der Waals surface area contributed by atoms with E-state index in [-0.39, 0.29) is 18.6 Å². The SMILES string of the molecule is CCOc1ccccc1NC(=O)NCc1nc(OC)nc(OC)n1. The van der Waals surface area contributed by atoms with Gasteiger partial charge in [0, 0.05) is 0 Å². The summed E-state index contributed by atoms with van der Waals surface area (Å²) in [6.45, 7) is 2.46. The van der Waals surface area contributed by atoms with E-state index in [0.29, 0.717) is 23.9 Å². The number of carbonyl (C=O) groups excluding carboxylic acids is 1. The Morgan fingerprint density at radius 3 is 2.38 bits per heavy atom. The number of aromatic nitrogens is 3. The maximum atomic E-state index is 12.0. The third-order valence-electron chi connectivity index (χ3n) is 2.85. The first-order chi connectivity index (χ1) is 11.7. The summed E-state index contributed by atoms with van der Waals surface area (Å²) in [5, 5.41) is 5.36. The lowest BCUT2D eigenvalue weighted by molar-refractivity contribution is 0.251. The highest BCUT2D eigenvalue weighted by molar-refractivity contribution is 5.90. The van der Waals surface area contributed by atoms with Crippen LogP contribution < -0.4 is 24.8 Å². The number of rotatable bonds is 7. The maximum Gasteiger partial charge on any atom is 0.322 e. The lowest BCUT2D eigenvalue weighted by Crippen LogP contribution is -2.29. The van der Waals surface area contributed by atoms with Gasteiger partial charge in [0.1, 0.15) is 5.75 Å². The molecule has 0 bridgehead atoms. The number of ether oxygens (including phenoxy) is 3. The number of methoxy groups -OCH3 is 2. The first kappa shape index (κ1) is 17.3. The van der Waals surface area contributed by atoms with E-state index in [4.69, 9.17) is 14.2 Å². The van der Waals surface area contributed by atoms with Crippen LogP contribution in [0.4, 0.5) is 10.5 Å². The van der Waals surface area contributed by atoms with Gasteiger partial charge in [-0.15, -0.1) is 4.98 Å². The number of nitrogens with one attached hydrogen (secondary N) is 2. The van der Waals surface area contributed by atoms with Crippen molar-refractivity contribution in [1.29, 1.82) is 0 Å². The van der Waals surface area contributed by atoms with Gasteiger partial charge in [0.25, 0.3) is 0 Å². The molecule has 2 N–H and O–H groups in total. The number of para-hydroxylation sites is 2. The Kier molecular flexibility index (Phi) is 6.12. The van der Waals surface area contributed by atoms with Gasteiger partial charge in [0.2, 0.25) is 0 Å². The van der Waals surface area contributed by atoms with Crippen molar-refractivity contribution >= 4 is 11.7 Å². The molecule has 1 aromatic heterocycles. The zero-order valence-electron chi connectivity index (χ0n) is 13.7. The molecular weight excluding hydrogens is 314 g/mol. The van der Waals surface area contributed by atoms with Crippen LogP contribution in [0.25, 0.3) is 0 Å². The third-order valence-corrected chi connectivity index (χ3v) is 2.85. The molecule has 0 aliphatic carbocycles. The van der Waals surface area contributed by atoms with E-state index in [1.807, 2.05) is 13.0 Å². The monoisotopic (exact) mass is 333 g/mol. The molecular formula is C15H19N5O4. The Morgan fingerprint density at radius 1 is 1.08 bits per heavy atom. The minimum absolute atomic E-state index is 0.0812. The van der Waals surface area contributed by atoms with Crippen molar-refractivity contribution in [2.45, 2.75) is 13.5 Å². The van der Waals surface area contributed by atoms with Crippen LogP contribution >= 0.6 is 0 Å². The number of amides is 2. The molecule has 9 nitrogen and oxygen atoms in total. The molecule has 0 radical (unpaired) electrons. The fourth-order valence-electron chi connectivity index (χ4n) is 1.82. The van der Waals surface area contributed by atoms with Gasteiger partial charge in [-0.05, 0) is 19.1 Å². The predicted octanol–water partition coefficient (Wildman–Crippen LogP) is 1.61. The van der Waals surface area contributed by atoms with E-state index in [2.05, 4.69) is 25.6 Å². The minimum atomic E-state index is -0.416. The first-order valence-electron chi connectivity index (χ1n) is 7.25. The molecule has 0 unspecified atom stereocenters. The topological polar surface area (TPSA) is 107 Å². The molecule has 0 saturated carbocycles. The Hall–Kier alpha value is -3.10. The van der Waals surface area contributed by atoms with Crippen molar-refractivity contribution in [3.8, 4) is 17.8 Å². The summed E-state index contributed by atoms with van der Waals surface area (Å²) >= 11 is 0. The highest BCUT2D eigenvalue weighted by Gasteiger charge is 2.10. The Balaban J connectivity index is 1.99. The van der Waals surface area contributed by atoms with Gasteiger partial charge in [-0.1, -0.05) is 12.1 Å². The molecule has 0 aliphatic heterocycles.